The van der Waals surface area contributed by atoms with Gasteiger partial charge in [0.25, 0.3) is 0 Å². The number of sulfonamides is 1. The fraction of sp³-hybridized carbons (Fsp3) is 0.889. The predicted molar refractivity (Wildman–Crippen MR) is 58.1 cm³/mol. The summed E-state index contributed by atoms with van der Waals surface area (Å²) >= 11 is 0. The van der Waals surface area contributed by atoms with Crippen molar-refractivity contribution in [3.8, 4) is 0 Å². The Morgan fingerprint density at radius 1 is 1.13 bits per heavy atom. The Bertz CT molecular complexity index is 329. The normalized spacial score (nSPS) is 21.5. The van der Waals surface area contributed by atoms with E-state index in [4.69, 9.17) is 0 Å². The van der Waals surface area contributed by atoms with Crippen LogP contribution in [0.15, 0.2) is 0 Å². The molecule has 6 heteroatoms. The van der Waals surface area contributed by atoms with Gasteiger partial charge in [0.05, 0.1) is 0 Å². The average Bonchev–Trinajstić information content (AvgIpc) is 2.18. The molecule has 1 fully saturated rings. The Labute approximate surface area is 91.1 Å². The van der Waals surface area contributed by atoms with E-state index in [2.05, 4.69) is 4.90 Å². The van der Waals surface area contributed by atoms with Crippen LogP contribution in [0, 0.1) is 0 Å². The molecule has 0 saturated carbocycles. The minimum absolute atomic E-state index is 0.468. The third-order valence-electron chi connectivity index (χ3n) is 2.75. The lowest BCUT2D eigenvalue weighted by atomic mass is 10.2. The van der Waals surface area contributed by atoms with Crippen LogP contribution in [0.2, 0.25) is 0 Å². The SMILES string of the molecule is CN1CCN(S(=O)(=O)C(C)(C)C=O)CC1. The highest BCUT2D eigenvalue weighted by atomic mass is 32.2. The van der Waals surface area contributed by atoms with Gasteiger partial charge in [-0.3, -0.25) is 0 Å². The van der Waals surface area contributed by atoms with Gasteiger partial charge in [0.15, 0.2) is 0 Å². The second-order valence-corrected chi connectivity index (χ2v) is 6.95. The lowest BCUT2D eigenvalue weighted by molar-refractivity contribution is -0.109. The van der Waals surface area contributed by atoms with Crippen LogP contribution in [0.4, 0.5) is 0 Å². The Kier molecular flexibility index (Phi) is 3.52. The van der Waals surface area contributed by atoms with Gasteiger partial charge >= 0.3 is 0 Å². The summed E-state index contributed by atoms with van der Waals surface area (Å²) in [4.78, 5) is 12.8. The summed E-state index contributed by atoms with van der Waals surface area (Å²) in [6, 6.07) is 0. The van der Waals surface area contributed by atoms with Crippen LogP contribution in [0.1, 0.15) is 13.8 Å². The summed E-state index contributed by atoms with van der Waals surface area (Å²) in [5, 5.41) is 0. The standard InChI is InChI=1S/C9H18N2O3S/c1-9(2,8-12)15(13,14)11-6-4-10(3)5-7-11/h8H,4-7H2,1-3H3. The fourth-order valence-electron chi connectivity index (χ4n) is 1.42. The molecule has 0 aromatic carbocycles. The van der Waals surface area contributed by atoms with E-state index < -0.39 is 14.8 Å². The minimum Gasteiger partial charge on any atom is -0.304 e. The molecule has 5 nitrogen and oxygen atoms in total. The summed E-state index contributed by atoms with van der Waals surface area (Å²) in [5.74, 6) is 0. The summed E-state index contributed by atoms with van der Waals surface area (Å²) < 4.78 is 24.1. The molecule has 1 rings (SSSR count). The second-order valence-electron chi connectivity index (χ2n) is 4.43. The van der Waals surface area contributed by atoms with Gasteiger partial charge in [0.2, 0.25) is 10.0 Å². The summed E-state index contributed by atoms with van der Waals surface area (Å²) in [6.45, 7) is 5.25. The summed E-state index contributed by atoms with van der Waals surface area (Å²) in [5.41, 5.74) is 0. The first-order valence-corrected chi connectivity index (χ1v) is 6.40. The number of hydrogen-bond acceptors (Lipinski definition) is 4. The van der Waals surface area contributed by atoms with Crippen LogP contribution < -0.4 is 0 Å². The molecule has 0 aliphatic carbocycles. The second kappa shape index (κ2) is 4.19. The molecule has 1 aliphatic rings. The fourth-order valence-corrected chi connectivity index (χ4v) is 2.85. The number of piperazine rings is 1. The van der Waals surface area contributed by atoms with Crippen LogP contribution >= 0.6 is 0 Å². The van der Waals surface area contributed by atoms with Crippen LogP contribution in [0.3, 0.4) is 0 Å². The molecule has 0 radical (unpaired) electrons. The van der Waals surface area contributed by atoms with Crippen molar-refractivity contribution in [2.24, 2.45) is 0 Å². The molecule has 0 unspecified atom stereocenters. The number of rotatable bonds is 3. The predicted octanol–water partition coefficient (Wildman–Crippen LogP) is -0.459. The molecule has 0 spiro atoms. The Balaban J connectivity index is 2.84. The topological polar surface area (TPSA) is 57.7 Å². The molecule has 1 aliphatic heterocycles. The molecule has 0 amide bonds. The Hall–Kier alpha value is -0.460. The molecular formula is C9H18N2O3S. The van der Waals surface area contributed by atoms with Crippen molar-refractivity contribution < 1.29 is 13.2 Å². The number of carbonyl (C=O) groups excluding carboxylic acids is 1. The van der Waals surface area contributed by atoms with Gasteiger partial charge in [-0.2, -0.15) is 4.31 Å². The zero-order valence-corrected chi connectivity index (χ0v) is 10.2. The number of carbonyl (C=O) groups is 1. The van der Waals surface area contributed by atoms with Crippen LogP contribution in [-0.4, -0.2) is 61.9 Å². The molecule has 1 heterocycles. The highest BCUT2D eigenvalue weighted by Crippen LogP contribution is 2.19. The van der Waals surface area contributed by atoms with E-state index in [0.29, 0.717) is 32.5 Å². The van der Waals surface area contributed by atoms with Gasteiger partial charge in [-0.05, 0) is 20.9 Å². The van der Waals surface area contributed by atoms with Crippen LogP contribution in [0.5, 0.6) is 0 Å². The maximum Gasteiger partial charge on any atom is 0.226 e. The van der Waals surface area contributed by atoms with E-state index in [1.807, 2.05) is 7.05 Å². The van der Waals surface area contributed by atoms with Gasteiger partial charge in [0.1, 0.15) is 11.0 Å². The van der Waals surface area contributed by atoms with Gasteiger partial charge in [-0.1, -0.05) is 0 Å². The van der Waals surface area contributed by atoms with E-state index in [1.54, 1.807) is 0 Å². The van der Waals surface area contributed by atoms with E-state index >= 15 is 0 Å². The monoisotopic (exact) mass is 234 g/mol. The zero-order valence-electron chi connectivity index (χ0n) is 9.43. The molecule has 15 heavy (non-hydrogen) atoms. The van der Waals surface area contributed by atoms with Gasteiger partial charge in [0, 0.05) is 26.2 Å². The highest BCUT2D eigenvalue weighted by molar-refractivity contribution is 7.91. The van der Waals surface area contributed by atoms with E-state index in [0.717, 1.165) is 0 Å². The maximum absolute atomic E-state index is 12.0. The maximum atomic E-state index is 12.0. The molecule has 88 valence electrons. The van der Waals surface area contributed by atoms with Crippen molar-refractivity contribution in [3.63, 3.8) is 0 Å². The molecule has 0 aromatic rings. The van der Waals surface area contributed by atoms with Crippen molar-refractivity contribution in [3.05, 3.63) is 0 Å². The summed E-state index contributed by atoms with van der Waals surface area (Å²) in [6.07, 6.45) is 0.501. The first kappa shape index (κ1) is 12.6. The highest BCUT2D eigenvalue weighted by Gasteiger charge is 2.39. The van der Waals surface area contributed by atoms with Crippen molar-refractivity contribution in [2.45, 2.75) is 18.6 Å². The van der Waals surface area contributed by atoms with Crippen molar-refractivity contribution in [2.75, 3.05) is 33.2 Å². The van der Waals surface area contributed by atoms with E-state index in [-0.39, 0.29) is 0 Å². The van der Waals surface area contributed by atoms with Gasteiger partial charge < -0.3 is 9.69 Å². The number of nitrogens with zero attached hydrogens (tertiary/aromatic N) is 2. The largest absolute Gasteiger partial charge is 0.304 e. The Morgan fingerprint density at radius 3 is 2.00 bits per heavy atom. The van der Waals surface area contributed by atoms with E-state index in [9.17, 15) is 13.2 Å². The molecule has 1 saturated heterocycles. The third kappa shape index (κ3) is 2.38. The van der Waals surface area contributed by atoms with Gasteiger partial charge in [-0.25, -0.2) is 8.42 Å². The van der Waals surface area contributed by atoms with Crippen LogP contribution in [0.25, 0.3) is 0 Å². The Morgan fingerprint density at radius 2 is 1.60 bits per heavy atom. The molecule has 0 N–H and O–H groups in total. The number of likely N-dealkylation sites (N-methyl/N-ethyl adjacent to an activating group) is 1. The molecule has 0 atom stereocenters. The quantitative estimate of drug-likeness (QED) is 0.620. The molecular weight excluding hydrogens is 216 g/mol. The molecule has 0 aromatic heterocycles. The molecule has 0 bridgehead atoms. The van der Waals surface area contributed by atoms with Crippen molar-refractivity contribution >= 4 is 16.3 Å². The number of hydrogen-bond donors (Lipinski definition) is 0. The third-order valence-corrected chi connectivity index (χ3v) is 5.22. The van der Waals surface area contributed by atoms with E-state index in [1.165, 1.54) is 18.2 Å². The van der Waals surface area contributed by atoms with Crippen molar-refractivity contribution in [1.82, 2.24) is 9.21 Å². The lowest BCUT2D eigenvalue weighted by Gasteiger charge is -2.35. The number of aldehydes is 1. The lowest BCUT2D eigenvalue weighted by Crippen LogP contribution is -2.53. The minimum atomic E-state index is -3.50. The average molecular weight is 234 g/mol. The van der Waals surface area contributed by atoms with Gasteiger partial charge in [-0.15, -0.1) is 0 Å². The first-order chi connectivity index (χ1) is 6.81. The van der Waals surface area contributed by atoms with Crippen molar-refractivity contribution in [1.29, 1.82) is 0 Å². The smallest absolute Gasteiger partial charge is 0.226 e. The zero-order chi connectivity index (χ0) is 11.7. The summed E-state index contributed by atoms with van der Waals surface area (Å²) in [7, 11) is -1.54. The first-order valence-electron chi connectivity index (χ1n) is 4.96. The van der Waals surface area contributed by atoms with Crippen LogP contribution in [-0.2, 0) is 14.8 Å².